The van der Waals surface area contributed by atoms with E-state index in [0.717, 1.165) is 0 Å². The zero-order valence-electron chi connectivity index (χ0n) is 4.65. The summed E-state index contributed by atoms with van der Waals surface area (Å²) in [6, 6.07) is 8.48. The molecule has 46 valence electrons. The Balaban J connectivity index is 3.13. The van der Waals surface area contributed by atoms with Crippen LogP contribution in [0.15, 0.2) is 30.3 Å². The molecule has 0 amide bonds. The van der Waals surface area contributed by atoms with Gasteiger partial charge in [-0.25, -0.2) is 0 Å². The fourth-order valence-electron chi connectivity index (χ4n) is 0.550. The zero-order chi connectivity index (χ0) is 6.69. The molecule has 0 aliphatic carbocycles. The molecule has 0 aliphatic heterocycles. The third-order valence-electron chi connectivity index (χ3n) is 0.967. The first kappa shape index (κ1) is 6.75. The molecule has 0 saturated heterocycles. The van der Waals surface area contributed by atoms with Gasteiger partial charge in [-0.15, -0.1) is 0 Å². The number of hydrogen-bond acceptors (Lipinski definition) is 2. The summed E-state index contributed by atoms with van der Waals surface area (Å²) >= 11 is -3.41. The van der Waals surface area contributed by atoms with Gasteiger partial charge < -0.3 is 0 Å². The third kappa shape index (κ3) is 1.79. The Morgan fingerprint density at radius 2 is 1.56 bits per heavy atom. The molecule has 0 aromatic heterocycles. The van der Waals surface area contributed by atoms with Gasteiger partial charge in [0, 0.05) is 0 Å². The summed E-state index contributed by atoms with van der Waals surface area (Å²) in [6.45, 7) is 0. The van der Waals surface area contributed by atoms with Crippen molar-refractivity contribution < 1.29 is 6.03 Å². The third-order valence-corrected chi connectivity index (χ3v) is 3.02. The summed E-state index contributed by atoms with van der Waals surface area (Å²) in [7, 11) is 0. The van der Waals surface area contributed by atoms with Gasteiger partial charge in [-0.05, 0) is 0 Å². The van der Waals surface area contributed by atoms with E-state index < -0.39 is 20.2 Å². The van der Waals surface area contributed by atoms with Crippen molar-refractivity contribution in [3.63, 3.8) is 0 Å². The van der Waals surface area contributed by atoms with E-state index in [4.69, 9.17) is 0 Å². The van der Waals surface area contributed by atoms with Crippen LogP contribution in [0.3, 0.4) is 0 Å². The van der Waals surface area contributed by atoms with Crippen molar-refractivity contribution in [1.82, 2.24) is 0 Å². The zero-order valence-corrected chi connectivity index (χ0v) is 7.20. The monoisotopic (exact) mass is 230 g/mol. The van der Waals surface area contributed by atoms with E-state index in [1.165, 1.54) is 0 Å². The molecule has 0 radical (unpaired) electrons. The molecule has 0 aliphatic rings. The summed E-state index contributed by atoms with van der Waals surface area (Å²) in [5.74, 6) is 0. The Kier molecular flexibility index (Phi) is 2.23. The standard InChI is InChI=1S/C6H5.2O.Sb/c1-2-4-6-5-3-1;;;/h1-5H;;;. The van der Waals surface area contributed by atoms with Gasteiger partial charge in [0.2, 0.25) is 0 Å². The first-order valence-electron chi connectivity index (χ1n) is 2.50. The second-order valence-electron chi connectivity index (χ2n) is 1.59. The quantitative estimate of drug-likeness (QED) is 0.648. The number of rotatable bonds is 1. The van der Waals surface area contributed by atoms with Crippen LogP contribution in [0, 0.1) is 0 Å². The van der Waals surface area contributed by atoms with Crippen LogP contribution in [0.1, 0.15) is 0 Å². The Hall–Kier alpha value is -0.362. The Bertz CT molecular complexity index is 243. The van der Waals surface area contributed by atoms with Gasteiger partial charge in [0.05, 0.1) is 0 Å². The molecule has 0 spiro atoms. The Labute approximate surface area is 60.3 Å². The molecule has 0 heterocycles. The van der Waals surface area contributed by atoms with Crippen molar-refractivity contribution in [3.8, 4) is 0 Å². The van der Waals surface area contributed by atoms with Gasteiger partial charge in [-0.3, -0.25) is 0 Å². The average molecular weight is 231 g/mol. The molecule has 2 nitrogen and oxygen atoms in total. The summed E-state index contributed by atoms with van der Waals surface area (Å²) in [6.07, 6.45) is 0. The van der Waals surface area contributed by atoms with Crippen molar-refractivity contribution in [2.45, 2.75) is 0 Å². The predicted molar refractivity (Wildman–Crippen MR) is 33.2 cm³/mol. The van der Waals surface area contributed by atoms with E-state index in [9.17, 15) is 6.03 Å². The maximum absolute atomic E-state index is 10.4. The summed E-state index contributed by atoms with van der Waals surface area (Å²) in [5, 5.41) is 0. The molecule has 9 heavy (non-hydrogen) atoms. The van der Waals surface area contributed by atoms with Crippen LogP contribution in [0.25, 0.3) is 0 Å². The van der Waals surface area contributed by atoms with Crippen molar-refractivity contribution >= 4 is 23.7 Å². The van der Waals surface area contributed by atoms with E-state index in [0.29, 0.717) is 3.51 Å². The second-order valence-corrected chi connectivity index (χ2v) is 4.53. The van der Waals surface area contributed by atoms with Gasteiger partial charge in [0.1, 0.15) is 0 Å². The van der Waals surface area contributed by atoms with Crippen LogP contribution in [0.5, 0.6) is 0 Å². The number of hydrogen-bond donors (Lipinski definition) is 0. The molecule has 1 aromatic rings. The summed E-state index contributed by atoms with van der Waals surface area (Å²) in [5.41, 5.74) is 0. The Morgan fingerprint density at radius 1 is 1.00 bits per heavy atom. The first-order valence-corrected chi connectivity index (χ1v) is 5.86. The van der Waals surface area contributed by atoms with Gasteiger partial charge >= 0.3 is 60.1 Å². The van der Waals surface area contributed by atoms with E-state index in [-0.39, 0.29) is 0 Å². The molecule has 0 N–H and O–H groups in total. The predicted octanol–water partition coefficient (Wildman–Crippen LogP) is 0.243. The fraction of sp³-hybridized carbons (Fsp3) is 0. The molecule has 0 atom stereocenters. The topological polar surface area (TPSA) is 34.1 Å². The van der Waals surface area contributed by atoms with Crippen LogP contribution in [-0.4, -0.2) is 20.2 Å². The van der Waals surface area contributed by atoms with Gasteiger partial charge in [0.25, 0.3) is 0 Å². The van der Waals surface area contributed by atoms with Crippen molar-refractivity contribution in [2.24, 2.45) is 0 Å². The molecule has 1 rings (SSSR count). The minimum atomic E-state index is -3.41. The molecule has 0 fully saturated rings. The van der Waals surface area contributed by atoms with E-state index >= 15 is 0 Å². The van der Waals surface area contributed by atoms with Gasteiger partial charge in [0.15, 0.2) is 0 Å². The molecule has 0 unspecified atom stereocenters. The molecular weight excluding hydrogens is 226 g/mol. The van der Waals surface area contributed by atoms with Crippen LogP contribution in [0.2, 0.25) is 0 Å². The normalized spacial score (nSPS) is 8.89. The summed E-state index contributed by atoms with van der Waals surface area (Å²) in [4.78, 5) is 0. The maximum atomic E-state index is 10.4. The minimum absolute atomic E-state index is 0.487. The SMILES string of the molecule is [O]=[Sb](=[O])[c]1ccccc1. The first-order chi connectivity index (χ1) is 4.30. The van der Waals surface area contributed by atoms with Crippen molar-refractivity contribution in [3.05, 3.63) is 30.3 Å². The van der Waals surface area contributed by atoms with Crippen LogP contribution in [-0.2, 0) is 6.03 Å². The van der Waals surface area contributed by atoms with E-state index in [1.54, 1.807) is 30.3 Å². The molecule has 0 saturated carbocycles. The van der Waals surface area contributed by atoms with Gasteiger partial charge in [-0.1, -0.05) is 0 Å². The number of benzene rings is 1. The molecular formula is C6H5O2Sb. The van der Waals surface area contributed by atoms with E-state index in [2.05, 4.69) is 0 Å². The molecule has 3 heteroatoms. The van der Waals surface area contributed by atoms with Crippen LogP contribution in [0.4, 0.5) is 0 Å². The van der Waals surface area contributed by atoms with Crippen molar-refractivity contribution in [1.29, 1.82) is 0 Å². The van der Waals surface area contributed by atoms with Crippen LogP contribution < -0.4 is 3.51 Å². The average Bonchev–Trinajstić information content (AvgIpc) is 1.90. The van der Waals surface area contributed by atoms with Gasteiger partial charge in [-0.2, -0.15) is 0 Å². The van der Waals surface area contributed by atoms with Crippen LogP contribution >= 0.6 is 0 Å². The van der Waals surface area contributed by atoms with Crippen molar-refractivity contribution in [2.75, 3.05) is 0 Å². The second kappa shape index (κ2) is 2.97. The summed E-state index contributed by atoms with van der Waals surface area (Å²) < 4.78 is 21.2. The Morgan fingerprint density at radius 3 is 1.89 bits per heavy atom. The molecule has 1 aromatic carbocycles. The van der Waals surface area contributed by atoms with E-state index in [1.807, 2.05) is 0 Å². The fourth-order valence-corrected chi connectivity index (χ4v) is 1.74. The molecule has 0 bridgehead atoms.